The minimum Gasteiger partial charge on any atom is -0.493 e. The molecule has 0 spiro atoms. The van der Waals surface area contributed by atoms with E-state index < -0.39 is 17.5 Å². The number of terminal acetylenes is 1. The van der Waals surface area contributed by atoms with E-state index >= 15 is 0 Å². The van der Waals surface area contributed by atoms with Gasteiger partial charge in [-0.3, -0.25) is 9.48 Å². The molecule has 0 saturated heterocycles. The van der Waals surface area contributed by atoms with Crippen molar-refractivity contribution in [2.24, 2.45) is 0 Å². The van der Waals surface area contributed by atoms with Crippen molar-refractivity contribution in [2.45, 2.75) is 26.3 Å². The maximum Gasteiger partial charge on any atom is 0.246 e. The summed E-state index contributed by atoms with van der Waals surface area (Å²) >= 11 is 0. The second-order valence-electron chi connectivity index (χ2n) is 8.76. The SMILES string of the molecule is C#CN(CCC)CCCOc1cc2ncnc(Nc3cnn(CC(=O)Nc4cccc(F)c4F)c3)c2cc1OC. The van der Waals surface area contributed by atoms with E-state index in [0.29, 0.717) is 40.5 Å². The molecule has 1 amide bonds. The van der Waals surface area contributed by atoms with Gasteiger partial charge in [-0.05, 0) is 31.0 Å². The van der Waals surface area contributed by atoms with Crippen LogP contribution in [0.5, 0.6) is 11.5 Å². The molecule has 40 heavy (non-hydrogen) atoms. The van der Waals surface area contributed by atoms with Crippen molar-refractivity contribution in [3.8, 4) is 24.0 Å². The van der Waals surface area contributed by atoms with Crippen LogP contribution < -0.4 is 20.1 Å². The second-order valence-corrected chi connectivity index (χ2v) is 8.76. The Hall–Kier alpha value is -4.92. The molecule has 4 rings (SSSR count). The van der Waals surface area contributed by atoms with Gasteiger partial charge in [0.15, 0.2) is 23.1 Å². The van der Waals surface area contributed by atoms with E-state index in [1.54, 1.807) is 25.4 Å². The average molecular weight is 550 g/mol. The fourth-order valence-electron chi connectivity index (χ4n) is 3.97. The third kappa shape index (κ3) is 6.93. The summed E-state index contributed by atoms with van der Waals surface area (Å²) in [5.74, 6) is -1.18. The number of fused-ring (bicyclic) bond motifs is 1. The number of carbonyl (C=O) groups excluding carboxylic acids is 1. The standard InChI is InChI=1S/C28H29F2N7O3/c1-4-10-36(5-2)11-7-12-40-25-14-23-20(13-24(25)39-3)28(32-18-31-23)34-19-15-33-37(16-19)17-26(38)35-22-9-6-8-21(29)27(22)30/h2,6,8-9,13-16,18H,4,7,10-12,17H2,1,3H3,(H,35,38)(H,31,32,34). The van der Waals surface area contributed by atoms with Gasteiger partial charge < -0.3 is 25.0 Å². The molecule has 208 valence electrons. The highest BCUT2D eigenvalue weighted by Crippen LogP contribution is 2.34. The monoisotopic (exact) mass is 549 g/mol. The van der Waals surface area contributed by atoms with Crippen LogP contribution in [0.3, 0.4) is 0 Å². The van der Waals surface area contributed by atoms with Crippen LogP contribution in [-0.2, 0) is 11.3 Å². The Kier molecular flexibility index (Phi) is 9.30. The lowest BCUT2D eigenvalue weighted by atomic mass is 10.2. The van der Waals surface area contributed by atoms with Gasteiger partial charge in [0.05, 0.1) is 36.8 Å². The molecule has 0 aliphatic heterocycles. The van der Waals surface area contributed by atoms with E-state index in [1.165, 1.54) is 29.3 Å². The van der Waals surface area contributed by atoms with Crippen molar-refractivity contribution >= 4 is 34.0 Å². The largest absolute Gasteiger partial charge is 0.493 e. The van der Waals surface area contributed by atoms with Crippen molar-refractivity contribution in [3.05, 3.63) is 60.7 Å². The molecule has 2 aromatic heterocycles. The number of ether oxygens (including phenoxy) is 2. The van der Waals surface area contributed by atoms with Crippen molar-refractivity contribution in [3.63, 3.8) is 0 Å². The van der Waals surface area contributed by atoms with E-state index in [4.69, 9.17) is 15.9 Å². The Balaban J connectivity index is 1.42. The fourth-order valence-corrected chi connectivity index (χ4v) is 3.97. The van der Waals surface area contributed by atoms with E-state index in [2.05, 4.69) is 38.7 Å². The summed E-state index contributed by atoms with van der Waals surface area (Å²) in [6.07, 6.45) is 11.8. The Morgan fingerprint density at radius 1 is 1.20 bits per heavy atom. The zero-order valence-corrected chi connectivity index (χ0v) is 22.2. The molecule has 0 radical (unpaired) electrons. The van der Waals surface area contributed by atoms with Crippen LogP contribution in [0.1, 0.15) is 19.8 Å². The Morgan fingerprint density at radius 3 is 2.83 bits per heavy atom. The lowest BCUT2D eigenvalue weighted by Crippen LogP contribution is -2.21. The summed E-state index contributed by atoms with van der Waals surface area (Å²) in [4.78, 5) is 22.9. The van der Waals surface area contributed by atoms with Crippen molar-refractivity contribution < 1.29 is 23.0 Å². The molecule has 4 aromatic rings. The summed E-state index contributed by atoms with van der Waals surface area (Å²) < 4.78 is 40.1. The molecule has 2 heterocycles. The zero-order chi connectivity index (χ0) is 28.5. The van der Waals surface area contributed by atoms with Gasteiger partial charge in [-0.15, -0.1) is 0 Å². The first-order chi connectivity index (χ1) is 19.4. The third-order valence-electron chi connectivity index (χ3n) is 5.85. The molecule has 0 aliphatic rings. The topological polar surface area (TPSA) is 106 Å². The first-order valence-electron chi connectivity index (χ1n) is 12.6. The second kappa shape index (κ2) is 13.2. The number of carbonyl (C=O) groups is 1. The smallest absolute Gasteiger partial charge is 0.246 e. The molecular formula is C28H29F2N7O3. The van der Waals surface area contributed by atoms with Gasteiger partial charge in [0.2, 0.25) is 5.91 Å². The number of nitrogens with zero attached hydrogens (tertiary/aromatic N) is 5. The lowest BCUT2D eigenvalue weighted by molar-refractivity contribution is -0.116. The molecule has 0 unspecified atom stereocenters. The molecule has 0 aliphatic carbocycles. The van der Waals surface area contributed by atoms with E-state index in [1.807, 2.05) is 4.90 Å². The van der Waals surface area contributed by atoms with E-state index in [0.717, 1.165) is 32.0 Å². The predicted octanol–water partition coefficient (Wildman–Crippen LogP) is 4.57. The summed E-state index contributed by atoms with van der Waals surface area (Å²) in [6, 6.07) is 9.80. The summed E-state index contributed by atoms with van der Waals surface area (Å²) in [7, 11) is 1.55. The average Bonchev–Trinajstić information content (AvgIpc) is 3.39. The van der Waals surface area contributed by atoms with Crippen LogP contribution in [0.2, 0.25) is 0 Å². The highest BCUT2D eigenvalue weighted by molar-refractivity contribution is 5.93. The number of hydrogen-bond donors (Lipinski definition) is 2. The number of benzene rings is 2. The highest BCUT2D eigenvalue weighted by atomic mass is 19.2. The minimum absolute atomic E-state index is 0.214. The first-order valence-corrected chi connectivity index (χ1v) is 12.6. The number of amides is 1. The molecule has 2 aromatic carbocycles. The molecule has 2 N–H and O–H groups in total. The maximum atomic E-state index is 13.8. The summed E-state index contributed by atoms with van der Waals surface area (Å²) in [5.41, 5.74) is 0.939. The van der Waals surface area contributed by atoms with Gasteiger partial charge >= 0.3 is 0 Å². The van der Waals surface area contributed by atoms with Crippen LogP contribution in [0, 0.1) is 24.1 Å². The summed E-state index contributed by atoms with van der Waals surface area (Å²) in [6.45, 7) is 3.89. The molecule has 0 fully saturated rings. The fraction of sp³-hybridized carbons (Fsp3) is 0.286. The number of nitrogens with one attached hydrogen (secondary N) is 2. The van der Waals surface area contributed by atoms with Gasteiger partial charge in [-0.1, -0.05) is 19.4 Å². The van der Waals surface area contributed by atoms with Gasteiger partial charge in [-0.25, -0.2) is 18.7 Å². The number of halogens is 2. The van der Waals surface area contributed by atoms with Crippen molar-refractivity contribution in [1.29, 1.82) is 0 Å². The van der Waals surface area contributed by atoms with Crippen molar-refractivity contribution in [2.75, 3.05) is 37.4 Å². The number of rotatable bonds is 13. The Bertz CT molecular complexity index is 1520. The van der Waals surface area contributed by atoms with Crippen LogP contribution in [0.15, 0.2) is 49.1 Å². The van der Waals surface area contributed by atoms with Crippen LogP contribution in [0.4, 0.5) is 26.0 Å². The first kappa shape index (κ1) is 28.1. The van der Waals surface area contributed by atoms with Gasteiger partial charge in [0, 0.05) is 36.8 Å². The van der Waals surface area contributed by atoms with Gasteiger partial charge in [-0.2, -0.15) is 5.10 Å². The maximum absolute atomic E-state index is 13.8. The molecule has 12 heteroatoms. The van der Waals surface area contributed by atoms with E-state index in [9.17, 15) is 13.6 Å². The van der Waals surface area contributed by atoms with E-state index in [-0.39, 0.29) is 12.2 Å². The molecule has 0 atom stereocenters. The van der Waals surface area contributed by atoms with Crippen LogP contribution in [-0.4, -0.2) is 57.4 Å². The normalized spacial score (nSPS) is 10.7. The minimum atomic E-state index is -1.12. The molecule has 0 bridgehead atoms. The number of aromatic nitrogens is 4. The Morgan fingerprint density at radius 2 is 2.05 bits per heavy atom. The zero-order valence-electron chi connectivity index (χ0n) is 22.2. The van der Waals surface area contributed by atoms with Crippen molar-refractivity contribution in [1.82, 2.24) is 24.6 Å². The third-order valence-corrected chi connectivity index (χ3v) is 5.85. The number of hydrogen-bond acceptors (Lipinski definition) is 8. The molecule has 10 nitrogen and oxygen atoms in total. The highest BCUT2D eigenvalue weighted by Gasteiger charge is 2.14. The van der Waals surface area contributed by atoms with Gasteiger partial charge in [0.25, 0.3) is 0 Å². The lowest BCUT2D eigenvalue weighted by Gasteiger charge is -2.17. The predicted molar refractivity (Wildman–Crippen MR) is 147 cm³/mol. The number of anilines is 3. The van der Waals surface area contributed by atoms with Crippen LogP contribution in [0.25, 0.3) is 10.9 Å². The molecule has 0 saturated carbocycles. The Labute approximate surface area is 230 Å². The quantitative estimate of drug-likeness (QED) is 0.142. The van der Waals surface area contributed by atoms with Gasteiger partial charge in [0.1, 0.15) is 18.7 Å². The number of methoxy groups -OCH3 is 1. The summed E-state index contributed by atoms with van der Waals surface area (Å²) in [5, 5.41) is 10.3. The molecular weight excluding hydrogens is 520 g/mol. The van der Waals surface area contributed by atoms with Crippen LogP contribution >= 0.6 is 0 Å².